The number of rotatable bonds is 5. The quantitative estimate of drug-likeness (QED) is 0.803. The number of benzene rings is 2. The molecule has 1 atom stereocenters. The first-order valence-corrected chi connectivity index (χ1v) is 6.56. The van der Waals surface area contributed by atoms with E-state index in [1.165, 1.54) is 0 Å². The van der Waals surface area contributed by atoms with Gasteiger partial charge in [-0.15, -0.1) is 0 Å². The van der Waals surface area contributed by atoms with Crippen LogP contribution >= 0.6 is 0 Å². The molecule has 1 unspecified atom stereocenters. The van der Waals surface area contributed by atoms with Crippen LogP contribution in [0.15, 0.2) is 54.6 Å². The fourth-order valence-corrected chi connectivity index (χ4v) is 1.97. The Bertz CT molecular complexity index is 546. The average molecular weight is 254 g/mol. The molecule has 19 heavy (non-hydrogen) atoms. The van der Waals surface area contributed by atoms with E-state index in [9.17, 15) is 4.79 Å². The molecule has 0 saturated heterocycles. The van der Waals surface area contributed by atoms with Gasteiger partial charge in [-0.05, 0) is 18.6 Å². The average Bonchev–Trinajstić information content (AvgIpc) is 2.47. The predicted molar refractivity (Wildman–Crippen MR) is 77.3 cm³/mol. The number of hydrogen-bond acceptors (Lipinski definition) is 2. The number of ether oxygens (including phenoxy) is 1. The van der Waals surface area contributed by atoms with E-state index in [1.807, 2.05) is 61.5 Å². The molecule has 2 heteroatoms. The highest BCUT2D eigenvalue weighted by Crippen LogP contribution is 2.30. The third kappa shape index (κ3) is 3.22. The van der Waals surface area contributed by atoms with Crippen LogP contribution in [0.25, 0.3) is 11.1 Å². The van der Waals surface area contributed by atoms with E-state index in [0.29, 0.717) is 6.42 Å². The Hall–Kier alpha value is -2.09. The Morgan fingerprint density at radius 3 is 2.37 bits per heavy atom. The number of hydrogen-bond donors (Lipinski definition) is 0. The van der Waals surface area contributed by atoms with Gasteiger partial charge in [-0.2, -0.15) is 0 Å². The molecule has 0 radical (unpaired) electrons. The molecule has 0 spiro atoms. The lowest BCUT2D eigenvalue weighted by Gasteiger charge is -2.16. The number of Topliss-reactive ketones (excluding diaryl/α,β-unsaturated/α-hetero) is 1. The molecule has 0 aromatic heterocycles. The van der Waals surface area contributed by atoms with Crippen molar-refractivity contribution in [3.05, 3.63) is 54.6 Å². The minimum absolute atomic E-state index is 0.114. The zero-order valence-electron chi connectivity index (χ0n) is 11.3. The molecule has 0 aliphatic carbocycles. The van der Waals surface area contributed by atoms with Crippen LogP contribution in [0.4, 0.5) is 0 Å². The van der Waals surface area contributed by atoms with E-state index in [4.69, 9.17) is 4.74 Å². The molecule has 0 aliphatic heterocycles. The third-order valence-corrected chi connectivity index (χ3v) is 3.08. The number of carbonyl (C=O) groups excluding carboxylic acids is 1. The minimum atomic E-state index is -0.408. The van der Waals surface area contributed by atoms with Crippen LogP contribution in [0.1, 0.15) is 20.3 Å². The van der Waals surface area contributed by atoms with Gasteiger partial charge in [0.05, 0.1) is 0 Å². The lowest BCUT2D eigenvalue weighted by atomic mass is 10.0. The largest absolute Gasteiger partial charge is 0.482 e. The summed E-state index contributed by atoms with van der Waals surface area (Å²) in [5.41, 5.74) is 2.10. The molecule has 0 amide bonds. The first-order chi connectivity index (χ1) is 9.22. The molecule has 0 fully saturated rings. The first-order valence-electron chi connectivity index (χ1n) is 6.56. The van der Waals surface area contributed by atoms with E-state index in [2.05, 4.69) is 0 Å². The summed E-state index contributed by atoms with van der Waals surface area (Å²) in [6.07, 6.45) is 0.0872. The SMILES string of the molecule is CCC(=O)C(C)Oc1ccccc1-c1ccccc1. The summed E-state index contributed by atoms with van der Waals surface area (Å²) in [5.74, 6) is 0.867. The van der Waals surface area contributed by atoms with Crippen molar-refractivity contribution in [2.75, 3.05) is 0 Å². The van der Waals surface area contributed by atoms with Gasteiger partial charge in [0.15, 0.2) is 11.9 Å². The van der Waals surface area contributed by atoms with Gasteiger partial charge in [0.1, 0.15) is 5.75 Å². The van der Waals surface area contributed by atoms with Crippen molar-refractivity contribution in [1.29, 1.82) is 0 Å². The summed E-state index contributed by atoms with van der Waals surface area (Å²) in [6, 6.07) is 17.8. The molecule has 2 aromatic rings. The van der Waals surface area contributed by atoms with Crippen LogP contribution in [0.2, 0.25) is 0 Å². The van der Waals surface area contributed by atoms with Gasteiger partial charge in [-0.1, -0.05) is 55.5 Å². The normalized spacial score (nSPS) is 11.9. The molecule has 2 rings (SSSR count). The van der Waals surface area contributed by atoms with Crippen molar-refractivity contribution in [3.8, 4) is 16.9 Å². The fraction of sp³-hybridized carbons (Fsp3) is 0.235. The summed E-state index contributed by atoms with van der Waals surface area (Å²) < 4.78 is 5.80. The van der Waals surface area contributed by atoms with E-state index < -0.39 is 6.10 Å². The number of ketones is 1. The molecular formula is C17H18O2. The van der Waals surface area contributed by atoms with Crippen molar-refractivity contribution in [1.82, 2.24) is 0 Å². The maximum Gasteiger partial charge on any atom is 0.172 e. The topological polar surface area (TPSA) is 26.3 Å². The first kappa shape index (κ1) is 13.3. The van der Waals surface area contributed by atoms with Gasteiger partial charge in [0.2, 0.25) is 0 Å². The van der Waals surface area contributed by atoms with Gasteiger partial charge >= 0.3 is 0 Å². The summed E-state index contributed by atoms with van der Waals surface area (Å²) >= 11 is 0. The smallest absolute Gasteiger partial charge is 0.172 e. The lowest BCUT2D eigenvalue weighted by molar-refractivity contribution is -0.124. The predicted octanol–water partition coefficient (Wildman–Crippen LogP) is 4.10. The Morgan fingerprint density at radius 2 is 1.68 bits per heavy atom. The van der Waals surface area contributed by atoms with E-state index in [-0.39, 0.29) is 5.78 Å². The highest BCUT2D eigenvalue weighted by atomic mass is 16.5. The van der Waals surface area contributed by atoms with Crippen LogP contribution in [0.3, 0.4) is 0 Å². The van der Waals surface area contributed by atoms with Crippen molar-refractivity contribution in [3.63, 3.8) is 0 Å². The monoisotopic (exact) mass is 254 g/mol. The minimum Gasteiger partial charge on any atom is -0.482 e. The van der Waals surface area contributed by atoms with Crippen LogP contribution in [-0.4, -0.2) is 11.9 Å². The van der Waals surface area contributed by atoms with E-state index >= 15 is 0 Å². The molecule has 0 aliphatic rings. The summed E-state index contributed by atoms with van der Waals surface area (Å²) in [5, 5.41) is 0. The van der Waals surface area contributed by atoms with Gasteiger partial charge in [-0.3, -0.25) is 4.79 Å². The molecular weight excluding hydrogens is 236 g/mol. The van der Waals surface area contributed by atoms with Gasteiger partial charge < -0.3 is 4.74 Å². The Morgan fingerprint density at radius 1 is 1.05 bits per heavy atom. The second-order valence-electron chi connectivity index (χ2n) is 4.44. The van der Waals surface area contributed by atoms with Gasteiger partial charge in [0.25, 0.3) is 0 Å². The van der Waals surface area contributed by atoms with Crippen LogP contribution in [-0.2, 0) is 4.79 Å². The molecule has 0 bridgehead atoms. The highest BCUT2D eigenvalue weighted by molar-refractivity contribution is 5.83. The Labute approximate surface area is 114 Å². The Kier molecular flexibility index (Phi) is 4.35. The van der Waals surface area contributed by atoms with Crippen molar-refractivity contribution >= 4 is 5.78 Å². The second kappa shape index (κ2) is 6.19. The zero-order valence-corrected chi connectivity index (χ0v) is 11.3. The standard InChI is InChI=1S/C17H18O2/c1-3-16(18)13(2)19-17-12-8-7-11-15(17)14-9-5-4-6-10-14/h4-13H,3H2,1-2H3. The van der Waals surface area contributed by atoms with Crippen LogP contribution in [0, 0.1) is 0 Å². The van der Waals surface area contributed by atoms with Gasteiger partial charge in [0, 0.05) is 12.0 Å². The van der Waals surface area contributed by atoms with Crippen LogP contribution < -0.4 is 4.74 Å². The number of carbonyl (C=O) groups is 1. The molecule has 0 heterocycles. The van der Waals surface area contributed by atoms with Crippen LogP contribution in [0.5, 0.6) is 5.75 Å². The van der Waals surface area contributed by atoms with E-state index in [1.54, 1.807) is 6.92 Å². The zero-order chi connectivity index (χ0) is 13.7. The van der Waals surface area contributed by atoms with Crippen molar-refractivity contribution in [2.45, 2.75) is 26.4 Å². The third-order valence-electron chi connectivity index (χ3n) is 3.08. The van der Waals surface area contributed by atoms with Crippen molar-refractivity contribution < 1.29 is 9.53 Å². The second-order valence-corrected chi connectivity index (χ2v) is 4.44. The molecule has 98 valence electrons. The molecule has 0 N–H and O–H groups in total. The highest BCUT2D eigenvalue weighted by Gasteiger charge is 2.14. The maximum atomic E-state index is 11.6. The fourth-order valence-electron chi connectivity index (χ4n) is 1.97. The summed E-state index contributed by atoms with van der Waals surface area (Å²) in [4.78, 5) is 11.6. The molecule has 2 aromatic carbocycles. The molecule has 2 nitrogen and oxygen atoms in total. The lowest BCUT2D eigenvalue weighted by Crippen LogP contribution is -2.23. The number of para-hydroxylation sites is 1. The Balaban J connectivity index is 2.30. The maximum absolute atomic E-state index is 11.6. The van der Waals surface area contributed by atoms with Gasteiger partial charge in [-0.25, -0.2) is 0 Å². The summed E-state index contributed by atoms with van der Waals surface area (Å²) in [7, 11) is 0. The molecule has 0 saturated carbocycles. The van der Waals surface area contributed by atoms with E-state index in [0.717, 1.165) is 16.9 Å². The van der Waals surface area contributed by atoms with Crippen molar-refractivity contribution in [2.24, 2.45) is 0 Å². The summed E-state index contributed by atoms with van der Waals surface area (Å²) in [6.45, 7) is 3.65.